The number of aliphatic carboxylic acids is 3. The van der Waals surface area contributed by atoms with Gasteiger partial charge in [0.15, 0.2) is 0 Å². The van der Waals surface area contributed by atoms with E-state index in [9.17, 15) is 14.4 Å². The lowest BCUT2D eigenvalue weighted by atomic mass is 9.98. The summed E-state index contributed by atoms with van der Waals surface area (Å²) in [5.41, 5.74) is -2.75. The van der Waals surface area contributed by atoms with Gasteiger partial charge in [0.1, 0.15) is 6.61 Å². The molecular formula is C10H11O9. The molecule has 2 saturated heterocycles. The van der Waals surface area contributed by atoms with Gasteiger partial charge in [0.05, 0.1) is 6.61 Å². The van der Waals surface area contributed by atoms with E-state index < -0.39 is 42.0 Å². The predicted molar refractivity (Wildman–Crippen MR) is 53.8 cm³/mol. The second-order valence-corrected chi connectivity index (χ2v) is 4.20. The van der Waals surface area contributed by atoms with Crippen LogP contribution in [0.1, 0.15) is 12.8 Å². The zero-order valence-electron chi connectivity index (χ0n) is 9.57. The highest BCUT2D eigenvalue weighted by Gasteiger charge is 2.63. The van der Waals surface area contributed by atoms with Crippen LogP contribution in [0.4, 0.5) is 0 Å². The number of carboxylic acids is 3. The molecule has 0 aliphatic carbocycles. The van der Waals surface area contributed by atoms with Crippen molar-refractivity contribution < 1.29 is 43.9 Å². The van der Waals surface area contributed by atoms with Gasteiger partial charge in [-0.15, -0.1) is 0 Å². The third-order valence-electron chi connectivity index (χ3n) is 3.05. The molecule has 0 amide bonds. The molecule has 2 rings (SSSR count). The lowest BCUT2D eigenvalue weighted by Crippen LogP contribution is -2.67. The Morgan fingerprint density at radius 2 is 1.79 bits per heavy atom. The Labute approximate surface area is 106 Å². The molecule has 3 N–H and O–H groups in total. The topological polar surface area (TPSA) is 140 Å². The van der Waals surface area contributed by atoms with Crippen LogP contribution < -0.4 is 0 Å². The van der Waals surface area contributed by atoms with E-state index in [1.54, 1.807) is 0 Å². The van der Waals surface area contributed by atoms with Crippen molar-refractivity contribution in [3.05, 3.63) is 6.61 Å². The number of carboxylic acid groups (broad SMARTS) is 3. The van der Waals surface area contributed by atoms with Crippen molar-refractivity contribution in [3.63, 3.8) is 0 Å². The highest BCUT2D eigenvalue weighted by Crippen LogP contribution is 2.40. The second kappa shape index (κ2) is 4.44. The lowest BCUT2D eigenvalue weighted by molar-refractivity contribution is -0.329. The van der Waals surface area contributed by atoms with Gasteiger partial charge in [0.25, 0.3) is 5.60 Å². The van der Waals surface area contributed by atoms with Crippen molar-refractivity contribution in [1.82, 2.24) is 0 Å². The quantitative estimate of drug-likeness (QED) is 0.556. The van der Waals surface area contributed by atoms with Crippen molar-refractivity contribution >= 4 is 17.9 Å². The summed E-state index contributed by atoms with van der Waals surface area (Å²) in [6.07, 6.45) is -1.31. The van der Waals surface area contributed by atoms with Gasteiger partial charge in [-0.3, -0.25) is 0 Å². The standard InChI is InChI=1S/C10H11O9/c11-6(12)5-10(2-1-3-17-10)18-4-9(19-5,7(13)14)8(15)16/h3,5H,1-2,4H2,(H,11,12)(H,13,14)(H,15,16)/t5?,10-/m0/s1. The van der Waals surface area contributed by atoms with E-state index in [1.807, 2.05) is 0 Å². The summed E-state index contributed by atoms with van der Waals surface area (Å²) in [5.74, 6) is -6.88. The molecule has 9 heteroatoms. The van der Waals surface area contributed by atoms with Crippen LogP contribution in [-0.4, -0.2) is 57.3 Å². The first-order valence-corrected chi connectivity index (χ1v) is 5.35. The van der Waals surface area contributed by atoms with Gasteiger partial charge in [-0.2, -0.15) is 0 Å². The van der Waals surface area contributed by atoms with E-state index in [1.165, 1.54) is 6.61 Å². The summed E-state index contributed by atoms with van der Waals surface area (Å²) >= 11 is 0. The zero-order chi connectivity index (χ0) is 14.3. The molecule has 1 spiro atoms. The molecule has 1 unspecified atom stereocenters. The molecule has 19 heavy (non-hydrogen) atoms. The van der Waals surface area contributed by atoms with E-state index in [-0.39, 0.29) is 6.42 Å². The fourth-order valence-corrected chi connectivity index (χ4v) is 2.00. The van der Waals surface area contributed by atoms with Crippen LogP contribution in [0.15, 0.2) is 0 Å². The Bertz CT molecular complexity index is 409. The SMILES string of the molecule is O=C(O)C1OC(C(=O)O)(C(=O)O)CO[C@@]12CC[CH]O2. The third kappa shape index (κ3) is 1.95. The van der Waals surface area contributed by atoms with Gasteiger partial charge in [0.2, 0.25) is 11.9 Å². The fraction of sp³-hybridized carbons (Fsp3) is 0.600. The van der Waals surface area contributed by atoms with Gasteiger partial charge in [-0.25, -0.2) is 14.4 Å². The highest BCUT2D eigenvalue weighted by atomic mass is 16.8. The lowest BCUT2D eigenvalue weighted by Gasteiger charge is -2.43. The van der Waals surface area contributed by atoms with E-state index >= 15 is 0 Å². The maximum Gasteiger partial charge on any atom is 0.350 e. The van der Waals surface area contributed by atoms with Crippen LogP contribution in [-0.2, 0) is 28.6 Å². The van der Waals surface area contributed by atoms with Crippen LogP contribution >= 0.6 is 0 Å². The molecule has 2 aliphatic rings. The molecule has 0 aromatic heterocycles. The van der Waals surface area contributed by atoms with Gasteiger partial charge in [-0.05, 0) is 6.42 Å². The molecule has 2 aliphatic heterocycles. The molecule has 2 fully saturated rings. The Hall–Kier alpha value is -1.71. The van der Waals surface area contributed by atoms with Crippen LogP contribution in [0.2, 0.25) is 0 Å². The molecule has 2 heterocycles. The smallest absolute Gasteiger partial charge is 0.350 e. The summed E-state index contributed by atoms with van der Waals surface area (Å²) in [7, 11) is 0. The Kier molecular flexibility index (Phi) is 3.20. The molecule has 0 aromatic carbocycles. The summed E-state index contributed by atoms with van der Waals surface area (Å²) in [4.78, 5) is 33.3. The first-order chi connectivity index (χ1) is 8.84. The molecule has 0 saturated carbocycles. The number of rotatable bonds is 3. The molecule has 105 valence electrons. The molecule has 9 nitrogen and oxygen atoms in total. The van der Waals surface area contributed by atoms with Gasteiger partial charge >= 0.3 is 17.9 Å². The van der Waals surface area contributed by atoms with Crippen molar-refractivity contribution in [2.24, 2.45) is 0 Å². The largest absolute Gasteiger partial charge is 0.479 e. The Morgan fingerprint density at radius 1 is 1.16 bits per heavy atom. The summed E-state index contributed by atoms with van der Waals surface area (Å²) in [6.45, 7) is 0.475. The average Bonchev–Trinajstić information content (AvgIpc) is 2.78. The number of carbonyl (C=O) groups is 3. The van der Waals surface area contributed by atoms with Gasteiger partial charge in [0, 0.05) is 6.42 Å². The van der Waals surface area contributed by atoms with Crippen LogP contribution in [0.25, 0.3) is 0 Å². The number of ether oxygens (including phenoxy) is 3. The van der Waals surface area contributed by atoms with Crippen LogP contribution in [0.3, 0.4) is 0 Å². The molecule has 2 atom stereocenters. The maximum absolute atomic E-state index is 11.2. The highest BCUT2D eigenvalue weighted by molar-refractivity contribution is 6.02. The number of hydrogen-bond acceptors (Lipinski definition) is 6. The van der Waals surface area contributed by atoms with Crippen molar-refractivity contribution in [2.75, 3.05) is 6.61 Å². The third-order valence-corrected chi connectivity index (χ3v) is 3.05. The van der Waals surface area contributed by atoms with E-state index in [2.05, 4.69) is 0 Å². The Balaban J connectivity index is 2.35. The summed E-state index contributed by atoms with van der Waals surface area (Å²) in [6, 6.07) is 0. The van der Waals surface area contributed by atoms with Gasteiger partial charge in [-0.1, -0.05) is 0 Å². The maximum atomic E-state index is 11.2. The summed E-state index contributed by atoms with van der Waals surface area (Å²) in [5, 5.41) is 27.0. The first kappa shape index (κ1) is 13.7. The summed E-state index contributed by atoms with van der Waals surface area (Å²) < 4.78 is 15.0. The normalized spacial score (nSPS) is 33.2. The monoisotopic (exact) mass is 275 g/mol. The predicted octanol–water partition coefficient (Wildman–Crippen LogP) is -0.937. The van der Waals surface area contributed by atoms with E-state index in [0.717, 1.165) is 0 Å². The Morgan fingerprint density at radius 3 is 2.21 bits per heavy atom. The minimum atomic E-state index is -2.75. The van der Waals surface area contributed by atoms with Crippen molar-refractivity contribution in [1.29, 1.82) is 0 Å². The zero-order valence-corrected chi connectivity index (χ0v) is 9.57. The minimum Gasteiger partial charge on any atom is -0.479 e. The fourth-order valence-electron chi connectivity index (χ4n) is 2.00. The minimum absolute atomic E-state index is 0.138. The second-order valence-electron chi connectivity index (χ2n) is 4.20. The van der Waals surface area contributed by atoms with E-state index in [4.69, 9.17) is 29.5 Å². The van der Waals surface area contributed by atoms with Crippen molar-refractivity contribution in [3.8, 4) is 0 Å². The number of hydrogen-bond donors (Lipinski definition) is 3. The van der Waals surface area contributed by atoms with Crippen molar-refractivity contribution in [2.45, 2.75) is 30.3 Å². The first-order valence-electron chi connectivity index (χ1n) is 5.35. The molecule has 1 radical (unpaired) electrons. The van der Waals surface area contributed by atoms with Gasteiger partial charge < -0.3 is 29.5 Å². The van der Waals surface area contributed by atoms with Crippen LogP contribution in [0.5, 0.6) is 0 Å². The molecule has 0 aromatic rings. The van der Waals surface area contributed by atoms with E-state index in [0.29, 0.717) is 6.42 Å². The van der Waals surface area contributed by atoms with Crippen LogP contribution in [0, 0.1) is 6.61 Å². The molecule has 0 bridgehead atoms. The molecular weight excluding hydrogens is 264 g/mol. The average molecular weight is 275 g/mol.